The van der Waals surface area contributed by atoms with E-state index in [9.17, 15) is 4.79 Å². The predicted octanol–water partition coefficient (Wildman–Crippen LogP) is 1.03. The molecule has 0 saturated carbocycles. The van der Waals surface area contributed by atoms with Crippen molar-refractivity contribution in [2.24, 2.45) is 0 Å². The summed E-state index contributed by atoms with van der Waals surface area (Å²) in [5, 5.41) is 7.09. The van der Waals surface area contributed by atoms with Crippen LogP contribution in [0.4, 0.5) is 0 Å². The molecule has 100 valence electrons. The van der Waals surface area contributed by atoms with Crippen molar-refractivity contribution in [2.45, 2.75) is 27.3 Å². The molecule has 0 bridgehead atoms. The molecule has 0 aliphatic heterocycles. The number of rotatable bonds is 4. The molecule has 0 aromatic carbocycles. The second-order valence-corrected chi connectivity index (χ2v) is 4.39. The van der Waals surface area contributed by atoms with E-state index in [4.69, 9.17) is 0 Å². The number of carbonyl (C=O) groups excluding carboxylic acids is 1. The van der Waals surface area contributed by atoms with E-state index < -0.39 is 0 Å². The molecule has 6 nitrogen and oxygen atoms in total. The monoisotopic (exact) mass is 259 g/mol. The number of carbonyl (C=O) groups is 1. The number of aromatic nitrogens is 4. The van der Waals surface area contributed by atoms with E-state index in [1.165, 1.54) is 0 Å². The highest BCUT2D eigenvalue weighted by Gasteiger charge is 2.10. The summed E-state index contributed by atoms with van der Waals surface area (Å²) in [7, 11) is 0. The Morgan fingerprint density at radius 1 is 1.37 bits per heavy atom. The fourth-order valence-electron chi connectivity index (χ4n) is 1.77. The summed E-state index contributed by atoms with van der Waals surface area (Å²) in [6.07, 6.45) is 3.45. The summed E-state index contributed by atoms with van der Waals surface area (Å²) in [6, 6.07) is 1.93. The third kappa shape index (κ3) is 3.37. The summed E-state index contributed by atoms with van der Waals surface area (Å²) in [4.78, 5) is 20.2. The first-order valence-corrected chi connectivity index (χ1v) is 6.15. The molecule has 0 saturated heterocycles. The molecular formula is C13H17N5O. The van der Waals surface area contributed by atoms with E-state index in [0.29, 0.717) is 30.2 Å². The van der Waals surface area contributed by atoms with E-state index >= 15 is 0 Å². The molecule has 2 heterocycles. The van der Waals surface area contributed by atoms with Crippen LogP contribution in [-0.2, 0) is 6.54 Å². The number of amides is 1. The number of aryl methyl sites for hydroxylation is 3. The quantitative estimate of drug-likeness (QED) is 0.890. The highest BCUT2D eigenvalue weighted by molar-refractivity contribution is 5.94. The number of hydrogen-bond acceptors (Lipinski definition) is 4. The molecule has 19 heavy (non-hydrogen) atoms. The minimum Gasteiger partial charge on any atom is -0.350 e. The fraction of sp³-hybridized carbons (Fsp3) is 0.385. The number of hydrogen-bond donors (Lipinski definition) is 1. The molecule has 1 amide bonds. The Bertz CT molecular complexity index is 590. The molecule has 0 fully saturated rings. The fourth-order valence-corrected chi connectivity index (χ4v) is 1.77. The van der Waals surface area contributed by atoms with Crippen molar-refractivity contribution in [3.05, 3.63) is 41.2 Å². The van der Waals surface area contributed by atoms with Gasteiger partial charge in [-0.05, 0) is 26.8 Å². The maximum atomic E-state index is 12.0. The number of nitrogens with zero attached hydrogens (tertiary/aromatic N) is 4. The van der Waals surface area contributed by atoms with Gasteiger partial charge in [-0.2, -0.15) is 5.10 Å². The first-order chi connectivity index (χ1) is 9.06. The lowest BCUT2D eigenvalue weighted by atomic mass is 10.2. The van der Waals surface area contributed by atoms with Gasteiger partial charge in [-0.3, -0.25) is 9.48 Å². The van der Waals surface area contributed by atoms with Crippen LogP contribution in [0, 0.1) is 20.8 Å². The Morgan fingerprint density at radius 3 is 2.79 bits per heavy atom. The maximum absolute atomic E-state index is 12.0. The molecule has 0 atom stereocenters. The minimum atomic E-state index is -0.152. The predicted molar refractivity (Wildman–Crippen MR) is 70.8 cm³/mol. The standard InChI is InChI=1S/C13H17N5O/c1-9-4-6-18(17-9)7-5-14-13(19)12-8-15-11(3)16-10(12)2/h4,6,8H,5,7H2,1-3H3,(H,14,19). The molecule has 6 heteroatoms. The first kappa shape index (κ1) is 13.2. The average Bonchev–Trinajstić information content (AvgIpc) is 2.75. The van der Waals surface area contributed by atoms with E-state index in [1.807, 2.05) is 19.2 Å². The normalized spacial score (nSPS) is 10.5. The molecule has 0 radical (unpaired) electrons. The van der Waals surface area contributed by atoms with Crippen molar-refractivity contribution >= 4 is 5.91 Å². The molecule has 2 aromatic rings. The second-order valence-electron chi connectivity index (χ2n) is 4.39. The summed E-state index contributed by atoms with van der Waals surface area (Å²) in [5.41, 5.74) is 2.18. The Morgan fingerprint density at radius 2 is 2.16 bits per heavy atom. The van der Waals surface area contributed by atoms with Crippen molar-refractivity contribution < 1.29 is 4.79 Å². The van der Waals surface area contributed by atoms with Gasteiger partial charge in [0.05, 0.1) is 23.5 Å². The van der Waals surface area contributed by atoms with E-state index in [1.54, 1.807) is 24.7 Å². The zero-order valence-corrected chi connectivity index (χ0v) is 11.3. The maximum Gasteiger partial charge on any atom is 0.254 e. The zero-order valence-electron chi connectivity index (χ0n) is 11.3. The van der Waals surface area contributed by atoms with Crippen molar-refractivity contribution in [2.75, 3.05) is 6.54 Å². The van der Waals surface area contributed by atoms with E-state index in [-0.39, 0.29) is 5.91 Å². The van der Waals surface area contributed by atoms with E-state index in [0.717, 1.165) is 5.69 Å². The van der Waals surface area contributed by atoms with Crippen molar-refractivity contribution in [1.82, 2.24) is 25.1 Å². The summed E-state index contributed by atoms with van der Waals surface area (Å²) in [6.45, 7) is 6.70. The average molecular weight is 259 g/mol. The van der Waals surface area contributed by atoms with Gasteiger partial charge in [-0.1, -0.05) is 0 Å². The van der Waals surface area contributed by atoms with Crippen molar-refractivity contribution in [3.63, 3.8) is 0 Å². The summed E-state index contributed by atoms with van der Waals surface area (Å²) < 4.78 is 1.80. The van der Waals surface area contributed by atoms with Gasteiger partial charge in [-0.25, -0.2) is 9.97 Å². The second kappa shape index (κ2) is 5.60. The summed E-state index contributed by atoms with van der Waals surface area (Å²) >= 11 is 0. The van der Waals surface area contributed by atoms with Crippen LogP contribution in [-0.4, -0.2) is 32.2 Å². The molecule has 0 aliphatic rings. The lowest BCUT2D eigenvalue weighted by Gasteiger charge is -2.07. The Labute approximate surface area is 111 Å². The Kier molecular flexibility index (Phi) is 3.89. The topological polar surface area (TPSA) is 72.7 Å². The van der Waals surface area contributed by atoms with Crippen molar-refractivity contribution in [1.29, 1.82) is 0 Å². The van der Waals surface area contributed by atoms with Crippen LogP contribution in [0.15, 0.2) is 18.5 Å². The van der Waals surface area contributed by atoms with Crippen LogP contribution in [0.2, 0.25) is 0 Å². The SMILES string of the molecule is Cc1ccn(CCNC(=O)c2cnc(C)nc2C)n1. The lowest BCUT2D eigenvalue weighted by Crippen LogP contribution is -2.28. The van der Waals surface area contributed by atoms with Crippen LogP contribution >= 0.6 is 0 Å². The molecule has 0 aliphatic carbocycles. The van der Waals surface area contributed by atoms with Crippen LogP contribution in [0.25, 0.3) is 0 Å². The molecule has 0 spiro atoms. The molecular weight excluding hydrogens is 242 g/mol. The Hall–Kier alpha value is -2.24. The minimum absolute atomic E-state index is 0.152. The van der Waals surface area contributed by atoms with Gasteiger partial charge in [-0.15, -0.1) is 0 Å². The van der Waals surface area contributed by atoms with Crippen molar-refractivity contribution in [3.8, 4) is 0 Å². The van der Waals surface area contributed by atoms with Crippen LogP contribution in [0.3, 0.4) is 0 Å². The van der Waals surface area contributed by atoms with Gasteiger partial charge in [0, 0.05) is 18.9 Å². The van der Waals surface area contributed by atoms with E-state index in [2.05, 4.69) is 20.4 Å². The third-order valence-corrected chi connectivity index (χ3v) is 2.74. The Balaban J connectivity index is 1.90. The number of nitrogens with one attached hydrogen (secondary N) is 1. The largest absolute Gasteiger partial charge is 0.350 e. The molecule has 2 rings (SSSR count). The highest BCUT2D eigenvalue weighted by atomic mass is 16.1. The van der Waals surface area contributed by atoms with Crippen LogP contribution in [0.1, 0.15) is 27.6 Å². The molecule has 1 N–H and O–H groups in total. The van der Waals surface area contributed by atoms with Crippen LogP contribution in [0.5, 0.6) is 0 Å². The third-order valence-electron chi connectivity index (χ3n) is 2.74. The van der Waals surface area contributed by atoms with Gasteiger partial charge in [0.15, 0.2) is 0 Å². The molecule has 0 unspecified atom stereocenters. The highest BCUT2D eigenvalue weighted by Crippen LogP contribution is 2.03. The zero-order chi connectivity index (χ0) is 13.8. The van der Waals surface area contributed by atoms with Gasteiger partial charge in [0.1, 0.15) is 5.82 Å². The van der Waals surface area contributed by atoms with Gasteiger partial charge in [0.2, 0.25) is 0 Å². The smallest absolute Gasteiger partial charge is 0.254 e. The summed E-state index contributed by atoms with van der Waals surface area (Å²) in [5.74, 6) is 0.516. The lowest BCUT2D eigenvalue weighted by molar-refractivity contribution is 0.0950. The first-order valence-electron chi connectivity index (χ1n) is 6.15. The van der Waals surface area contributed by atoms with Crippen LogP contribution < -0.4 is 5.32 Å². The van der Waals surface area contributed by atoms with Gasteiger partial charge >= 0.3 is 0 Å². The van der Waals surface area contributed by atoms with Gasteiger partial charge < -0.3 is 5.32 Å². The molecule has 2 aromatic heterocycles. The van der Waals surface area contributed by atoms with Gasteiger partial charge in [0.25, 0.3) is 5.91 Å².